The van der Waals surface area contributed by atoms with Crippen LogP contribution in [0.2, 0.25) is 0 Å². The van der Waals surface area contributed by atoms with Crippen molar-refractivity contribution in [2.24, 2.45) is 0 Å². The summed E-state index contributed by atoms with van der Waals surface area (Å²) in [6.45, 7) is 13.8. The molecule has 0 radical (unpaired) electrons. The molecule has 0 heterocycles. The van der Waals surface area contributed by atoms with E-state index < -0.39 is 0 Å². The van der Waals surface area contributed by atoms with Gasteiger partial charge in [-0.1, -0.05) is 32.7 Å². The van der Waals surface area contributed by atoms with Crippen LogP contribution in [0.1, 0.15) is 40.5 Å². The second kappa shape index (κ2) is 9.49. The van der Waals surface area contributed by atoms with E-state index in [1.165, 1.54) is 32.5 Å². The van der Waals surface area contributed by atoms with Gasteiger partial charge in [0.2, 0.25) is 0 Å². The number of rotatable bonds is 9. The number of hydrogen-bond donors (Lipinski definition) is 0. The van der Waals surface area contributed by atoms with Gasteiger partial charge in [-0.2, -0.15) is 0 Å². The van der Waals surface area contributed by atoms with Crippen molar-refractivity contribution in [3.8, 4) is 0 Å². The van der Waals surface area contributed by atoms with Crippen LogP contribution in [0.25, 0.3) is 0 Å². The normalized spacial score (nSPS) is 13.8. The zero-order chi connectivity index (χ0) is 11.7. The predicted octanol–water partition coefficient (Wildman–Crippen LogP) is 3.10. The van der Waals surface area contributed by atoms with E-state index in [2.05, 4.69) is 43.2 Å². The Morgan fingerprint density at radius 2 is 1.67 bits per heavy atom. The number of nitrogens with zero attached hydrogens (tertiary/aromatic N) is 2. The van der Waals surface area contributed by atoms with Crippen molar-refractivity contribution in [1.82, 2.24) is 9.21 Å². The van der Waals surface area contributed by atoms with E-state index in [9.17, 15) is 0 Å². The third kappa shape index (κ3) is 6.44. The third-order valence-corrected chi connectivity index (χ3v) is 4.12. The Balaban J connectivity index is 3.65. The molecule has 0 saturated heterocycles. The van der Waals surface area contributed by atoms with E-state index in [0.29, 0.717) is 6.04 Å². The molecule has 3 heteroatoms. The zero-order valence-electron chi connectivity index (χ0n) is 11.1. The van der Waals surface area contributed by atoms with Crippen molar-refractivity contribution in [1.29, 1.82) is 0 Å². The Labute approximate surface area is 101 Å². The van der Waals surface area contributed by atoms with Crippen molar-refractivity contribution in [2.45, 2.75) is 46.6 Å². The van der Waals surface area contributed by atoms with Gasteiger partial charge >= 0.3 is 0 Å². The molecule has 0 aliphatic heterocycles. The summed E-state index contributed by atoms with van der Waals surface area (Å²) in [5.74, 6) is 0. The fraction of sp³-hybridized carbons (Fsp3) is 1.00. The van der Waals surface area contributed by atoms with E-state index in [1.54, 1.807) is 0 Å². The first-order chi connectivity index (χ1) is 7.19. The Kier molecular flexibility index (Phi) is 9.66. The van der Waals surface area contributed by atoms with Crippen LogP contribution in [0.5, 0.6) is 0 Å². The molecule has 0 saturated carbocycles. The smallest absolute Gasteiger partial charge is 0.0174 e. The van der Waals surface area contributed by atoms with Crippen molar-refractivity contribution in [3.05, 3.63) is 0 Å². The highest BCUT2D eigenvalue weighted by Gasteiger charge is 2.10. The molecular formula is C12H28N2S. The first-order valence-corrected chi connectivity index (χ1v) is 7.40. The summed E-state index contributed by atoms with van der Waals surface area (Å²) in [6.07, 6.45) is 4.80. The lowest BCUT2D eigenvalue weighted by Crippen LogP contribution is -2.29. The van der Waals surface area contributed by atoms with E-state index in [-0.39, 0.29) is 0 Å². The third-order valence-electron chi connectivity index (χ3n) is 3.03. The lowest BCUT2D eigenvalue weighted by molar-refractivity contribution is 0.278. The topological polar surface area (TPSA) is 6.48 Å². The summed E-state index contributed by atoms with van der Waals surface area (Å²) in [5, 5.41) is 0. The Hall–Kier alpha value is 0.270. The molecular weight excluding hydrogens is 204 g/mol. The molecule has 1 atom stereocenters. The molecule has 0 aromatic rings. The molecule has 15 heavy (non-hydrogen) atoms. The van der Waals surface area contributed by atoms with Crippen LogP contribution in [0.3, 0.4) is 0 Å². The van der Waals surface area contributed by atoms with Gasteiger partial charge in [-0.25, -0.2) is 4.31 Å². The lowest BCUT2D eigenvalue weighted by Gasteiger charge is -2.26. The second-order valence-electron chi connectivity index (χ2n) is 3.93. The molecule has 0 rings (SSSR count). The van der Waals surface area contributed by atoms with Gasteiger partial charge in [-0.3, -0.25) is 0 Å². The molecule has 0 bridgehead atoms. The van der Waals surface area contributed by atoms with E-state index in [4.69, 9.17) is 0 Å². The first kappa shape index (κ1) is 15.3. The van der Waals surface area contributed by atoms with Crippen LogP contribution < -0.4 is 0 Å². The minimum absolute atomic E-state index is 0.709. The molecule has 0 amide bonds. The summed E-state index contributed by atoms with van der Waals surface area (Å²) >= 11 is 1.87. The van der Waals surface area contributed by atoms with Crippen molar-refractivity contribution < 1.29 is 0 Å². The van der Waals surface area contributed by atoms with Gasteiger partial charge in [0.25, 0.3) is 0 Å². The predicted molar refractivity (Wildman–Crippen MR) is 72.4 cm³/mol. The monoisotopic (exact) mass is 232 g/mol. The summed E-state index contributed by atoms with van der Waals surface area (Å²) in [5.41, 5.74) is 0. The van der Waals surface area contributed by atoms with Crippen molar-refractivity contribution in [2.75, 3.05) is 32.4 Å². The molecule has 0 N–H and O–H groups in total. The standard InChI is InChI=1S/C12H28N2S/c1-6-13(7-2)11-9-10-12(4)14(8-3)15-5/h12H,6-11H2,1-5H3. The first-order valence-electron chi connectivity index (χ1n) is 6.22. The molecule has 0 aliphatic rings. The molecule has 1 unspecified atom stereocenters. The van der Waals surface area contributed by atoms with Crippen LogP contribution in [-0.2, 0) is 0 Å². The Morgan fingerprint density at radius 1 is 1.07 bits per heavy atom. The fourth-order valence-electron chi connectivity index (χ4n) is 1.91. The van der Waals surface area contributed by atoms with Crippen molar-refractivity contribution in [3.63, 3.8) is 0 Å². The summed E-state index contributed by atoms with van der Waals surface area (Å²) in [6, 6.07) is 0.709. The van der Waals surface area contributed by atoms with Gasteiger partial charge < -0.3 is 4.90 Å². The number of hydrogen-bond acceptors (Lipinski definition) is 3. The van der Waals surface area contributed by atoms with Gasteiger partial charge in [0.05, 0.1) is 0 Å². The van der Waals surface area contributed by atoms with E-state index in [1.807, 2.05) is 11.9 Å². The maximum Gasteiger partial charge on any atom is 0.0174 e. The SMILES string of the molecule is CCN(CC)CCCC(C)N(CC)SC. The minimum Gasteiger partial charge on any atom is -0.304 e. The Bertz CT molecular complexity index is 134. The molecule has 0 aromatic heterocycles. The summed E-state index contributed by atoms with van der Waals surface area (Å²) in [4.78, 5) is 2.50. The van der Waals surface area contributed by atoms with Crippen LogP contribution in [0.15, 0.2) is 0 Å². The quantitative estimate of drug-likeness (QED) is 0.564. The molecule has 0 aliphatic carbocycles. The largest absolute Gasteiger partial charge is 0.304 e. The molecule has 2 nitrogen and oxygen atoms in total. The van der Waals surface area contributed by atoms with Gasteiger partial charge in [-0.15, -0.1) is 0 Å². The zero-order valence-corrected chi connectivity index (χ0v) is 11.9. The molecule has 92 valence electrons. The molecule has 0 aromatic carbocycles. The summed E-state index contributed by atoms with van der Waals surface area (Å²) in [7, 11) is 0. The highest BCUT2D eigenvalue weighted by molar-refractivity contribution is 7.96. The van der Waals surface area contributed by atoms with Gasteiger partial charge in [0, 0.05) is 12.6 Å². The van der Waals surface area contributed by atoms with Crippen molar-refractivity contribution >= 4 is 11.9 Å². The minimum atomic E-state index is 0.709. The molecule has 0 spiro atoms. The van der Waals surface area contributed by atoms with Crippen LogP contribution in [-0.4, -0.2) is 47.7 Å². The van der Waals surface area contributed by atoms with E-state index >= 15 is 0 Å². The fourth-order valence-corrected chi connectivity index (χ4v) is 2.64. The maximum atomic E-state index is 2.50. The van der Waals surface area contributed by atoms with E-state index in [0.717, 1.165) is 6.54 Å². The average molecular weight is 232 g/mol. The average Bonchev–Trinajstić information content (AvgIpc) is 2.26. The Morgan fingerprint density at radius 3 is 2.07 bits per heavy atom. The van der Waals surface area contributed by atoms with Crippen LogP contribution in [0.4, 0.5) is 0 Å². The van der Waals surface area contributed by atoms with Crippen LogP contribution in [0, 0.1) is 0 Å². The van der Waals surface area contributed by atoms with Crippen LogP contribution >= 0.6 is 11.9 Å². The second-order valence-corrected chi connectivity index (χ2v) is 4.77. The maximum absolute atomic E-state index is 2.50. The highest BCUT2D eigenvalue weighted by atomic mass is 32.2. The molecule has 0 fully saturated rings. The summed E-state index contributed by atoms with van der Waals surface area (Å²) < 4.78 is 2.46. The van der Waals surface area contributed by atoms with Gasteiger partial charge in [-0.05, 0) is 45.7 Å². The van der Waals surface area contributed by atoms with Gasteiger partial charge in [0.15, 0.2) is 0 Å². The highest BCUT2D eigenvalue weighted by Crippen LogP contribution is 2.14. The lowest BCUT2D eigenvalue weighted by atomic mass is 10.2. The van der Waals surface area contributed by atoms with Gasteiger partial charge in [0.1, 0.15) is 0 Å².